The maximum absolute atomic E-state index is 13.4. The molecule has 0 unspecified atom stereocenters. The van der Waals surface area contributed by atoms with E-state index in [9.17, 15) is 19.2 Å². The van der Waals surface area contributed by atoms with Crippen LogP contribution in [0.3, 0.4) is 0 Å². The Kier molecular flexibility index (Phi) is 6.69. The van der Waals surface area contributed by atoms with Crippen LogP contribution in [0, 0.1) is 5.92 Å². The van der Waals surface area contributed by atoms with Crippen molar-refractivity contribution in [2.24, 2.45) is 5.92 Å². The van der Waals surface area contributed by atoms with E-state index in [0.717, 1.165) is 0 Å². The zero-order chi connectivity index (χ0) is 22.4. The molecule has 0 aliphatic carbocycles. The van der Waals surface area contributed by atoms with E-state index in [1.165, 1.54) is 0 Å². The molecular weight excluding hydrogens is 398 g/mol. The highest BCUT2D eigenvalue weighted by atomic mass is 16.5. The number of hydrogen-bond donors (Lipinski definition) is 2. The molecule has 1 aliphatic heterocycles. The molecule has 0 aromatic heterocycles. The predicted octanol–water partition coefficient (Wildman–Crippen LogP) is 2.49. The van der Waals surface area contributed by atoms with Crippen LogP contribution in [-0.2, 0) is 24.7 Å². The molecule has 0 saturated carbocycles. The fraction of sp³-hybridized carbons (Fsp3) is 0.304. The summed E-state index contributed by atoms with van der Waals surface area (Å²) in [5.74, 6) is -1.62. The van der Waals surface area contributed by atoms with Crippen LogP contribution in [-0.4, -0.2) is 35.4 Å². The van der Waals surface area contributed by atoms with Crippen molar-refractivity contribution < 1.29 is 23.9 Å². The molecule has 8 nitrogen and oxygen atoms in total. The Labute approximate surface area is 180 Å². The Morgan fingerprint density at radius 2 is 1.55 bits per heavy atom. The standard InChI is InChI=1S/C23H25N3O5/c1-16(2)13-14-20(28)31-15-19(27)25-26-21(29)23(24-22(26)30,17-9-5-3-6-10-17)18-11-7-4-8-12-18/h3-12,16H,13-15H2,1-2H3,(H,24,30)(H,25,27). The second-order valence-electron chi connectivity index (χ2n) is 7.68. The number of urea groups is 1. The number of carbonyl (C=O) groups excluding carboxylic acids is 4. The van der Waals surface area contributed by atoms with Gasteiger partial charge in [-0.25, -0.2) is 4.79 Å². The van der Waals surface area contributed by atoms with Gasteiger partial charge in [0.1, 0.15) is 0 Å². The van der Waals surface area contributed by atoms with Gasteiger partial charge < -0.3 is 10.1 Å². The summed E-state index contributed by atoms with van der Waals surface area (Å²) < 4.78 is 4.94. The van der Waals surface area contributed by atoms with Gasteiger partial charge in [-0.2, -0.15) is 5.01 Å². The number of hydrogen-bond acceptors (Lipinski definition) is 5. The van der Waals surface area contributed by atoms with Crippen molar-refractivity contribution in [1.29, 1.82) is 0 Å². The van der Waals surface area contributed by atoms with Crippen LogP contribution in [0.4, 0.5) is 4.79 Å². The van der Waals surface area contributed by atoms with E-state index in [1.54, 1.807) is 60.7 Å². The highest BCUT2D eigenvalue weighted by Crippen LogP contribution is 2.35. The van der Waals surface area contributed by atoms with Gasteiger partial charge in [0, 0.05) is 6.42 Å². The van der Waals surface area contributed by atoms with Crippen molar-refractivity contribution in [3.63, 3.8) is 0 Å². The fourth-order valence-corrected chi connectivity index (χ4v) is 3.35. The summed E-state index contributed by atoms with van der Waals surface area (Å²) in [6.07, 6.45) is 0.837. The number of hydrazine groups is 1. The third-order valence-corrected chi connectivity index (χ3v) is 4.96. The third-order valence-electron chi connectivity index (χ3n) is 4.96. The summed E-state index contributed by atoms with van der Waals surface area (Å²) in [6.45, 7) is 3.37. The summed E-state index contributed by atoms with van der Waals surface area (Å²) in [5.41, 5.74) is 1.87. The number of esters is 1. The molecule has 0 radical (unpaired) electrons. The molecule has 3 rings (SSSR count). The molecule has 1 aliphatic rings. The van der Waals surface area contributed by atoms with Crippen LogP contribution < -0.4 is 10.7 Å². The van der Waals surface area contributed by atoms with Crippen LogP contribution in [0.1, 0.15) is 37.8 Å². The van der Waals surface area contributed by atoms with Crippen molar-refractivity contribution in [2.75, 3.05) is 6.61 Å². The quantitative estimate of drug-likeness (QED) is 0.501. The van der Waals surface area contributed by atoms with E-state index in [0.29, 0.717) is 28.5 Å². The van der Waals surface area contributed by atoms with Crippen LogP contribution in [0.25, 0.3) is 0 Å². The number of imide groups is 1. The van der Waals surface area contributed by atoms with Crippen molar-refractivity contribution in [3.05, 3.63) is 71.8 Å². The molecule has 1 heterocycles. The molecule has 2 aromatic carbocycles. The lowest BCUT2D eigenvalue weighted by Crippen LogP contribution is -2.50. The van der Waals surface area contributed by atoms with E-state index in [1.807, 2.05) is 13.8 Å². The summed E-state index contributed by atoms with van der Waals surface area (Å²) in [6, 6.07) is 16.8. The molecular formula is C23H25N3O5. The van der Waals surface area contributed by atoms with Crippen LogP contribution in [0.15, 0.2) is 60.7 Å². The second-order valence-corrected chi connectivity index (χ2v) is 7.68. The smallest absolute Gasteiger partial charge is 0.344 e. The van der Waals surface area contributed by atoms with Gasteiger partial charge in [0.15, 0.2) is 12.1 Å². The molecule has 8 heteroatoms. The molecule has 1 fully saturated rings. The maximum atomic E-state index is 13.4. The summed E-state index contributed by atoms with van der Waals surface area (Å²) >= 11 is 0. The SMILES string of the molecule is CC(C)CCC(=O)OCC(=O)NN1C(=O)NC(c2ccccc2)(c2ccccc2)C1=O. The van der Waals surface area contributed by atoms with Crippen LogP contribution in [0.2, 0.25) is 0 Å². The van der Waals surface area contributed by atoms with Gasteiger partial charge in [-0.1, -0.05) is 74.5 Å². The van der Waals surface area contributed by atoms with Gasteiger partial charge in [-0.05, 0) is 23.5 Å². The van der Waals surface area contributed by atoms with Crippen molar-refractivity contribution in [3.8, 4) is 0 Å². The Hall–Kier alpha value is -3.68. The zero-order valence-electron chi connectivity index (χ0n) is 17.5. The third kappa shape index (κ3) is 4.74. The normalized spacial score (nSPS) is 15.0. The number of benzene rings is 2. The van der Waals surface area contributed by atoms with Gasteiger partial charge in [-0.15, -0.1) is 0 Å². The fourth-order valence-electron chi connectivity index (χ4n) is 3.35. The average molecular weight is 423 g/mol. The minimum absolute atomic E-state index is 0.194. The molecule has 4 amide bonds. The molecule has 0 atom stereocenters. The highest BCUT2D eigenvalue weighted by Gasteiger charge is 2.54. The first-order valence-electron chi connectivity index (χ1n) is 10.1. The summed E-state index contributed by atoms with van der Waals surface area (Å²) in [7, 11) is 0. The Balaban J connectivity index is 1.77. The molecule has 0 spiro atoms. The first-order chi connectivity index (χ1) is 14.8. The van der Waals surface area contributed by atoms with E-state index in [4.69, 9.17) is 4.74 Å². The highest BCUT2D eigenvalue weighted by molar-refractivity contribution is 6.10. The molecule has 2 aromatic rings. The number of carbonyl (C=O) groups is 4. The largest absolute Gasteiger partial charge is 0.455 e. The van der Waals surface area contributed by atoms with E-state index in [-0.39, 0.29) is 6.42 Å². The second kappa shape index (κ2) is 9.42. The van der Waals surface area contributed by atoms with Crippen molar-refractivity contribution >= 4 is 23.8 Å². The average Bonchev–Trinajstić information content (AvgIpc) is 3.03. The number of ether oxygens (including phenoxy) is 1. The lowest BCUT2D eigenvalue weighted by molar-refractivity contribution is -0.150. The van der Waals surface area contributed by atoms with E-state index < -0.39 is 36.0 Å². The Morgan fingerprint density at radius 1 is 1.00 bits per heavy atom. The van der Waals surface area contributed by atoms with Crippen molar-refractivity contribution in [1.82, 2.24) is 15.8 Å². The van der Waals surface area contributed by atoms with Gasteiger partial charge in [-0.3, -0.25) is 19.8 Å². The first-order valence-corrected chi connectivity index (χ1v) is 10.1. The minimum atomic E-state index is -1.49. The summed E-state index contributed by atoms with van der Waals surface area (Å²) in [4.78, 5) is 50.1. The van der Waals surface area contributed by atoms with Gasteiger partial charge in [0.2, 0.25) is 0 Å². The van der Waals surface area contributed by atoms with Gasteiger partial charge in [0.05, 0.1) is 0 Å². The number of amides is 4. The lowest BCUT2D eigenvalue weighted by Gasteiger charge is -2.27. The van der Waals surface area contributed by atoms with Crippen molar-refractivity contribution in [2.45, 2.75) is 32.2 Å². The van der Waals surface area contributed by atoms with Gasteiger partial charge >= 0.3 is 12.0 Å². The number of rotatable bonds is 8. The molecule has 1 saturated heterocycles. The zero-order valence-corrected chi connectivity index (χ0v) is 17.5. The van der Waals surface area contributed by atoms with Gasteiger partial charge in [0.25, 0.3) is 11.8 Å². The molecule has 0 bridgehead atoms. The van der Waals surface area contributed by atoms with Crippen LogP contribution >= 0.6 is 0 Å². The molecule has 31 heavy (non-hydrogen) atoms. The number of nitrogens with one attached hydrogen (secondary N) is 2. The van der Waals surface area contributed by atoms with E-state index >= 15 is 0 Å². The lowest BCUT2D eigenvalue weighted by atomic mass is 9.83. The minimum Gasteiger partial charge on any atom is -0.455 e. The molecule has 162 valence electrons. The monoisotopic (exact) mass is 423 g/mol. The first kappa shape index (κ1) is 22.0. The number of nitrogens with zero attached hydrogens (tertiary/aromatic N) is 1. The summed E-state index contributed by atoms with van der Waals surface area (Å²) in [5, 5.41) is 3.35. The molecule has 2 N–H and O–H groups in total. The van der Waals surface area contributed by atoms with Crippen LogP contribution in [0.5, 0.6) is 0 Å². The van der Waals surface area contributed by atoms with E-state index in [2.05, 4.69) is 10.7 Å². The Morgan fingerprint density at radius 3 is 2.06 bits per heavy atom. The predicted molar refractivity (Wildman–Crippen MR) is 112 cm³/mol. The Bertz CT molecular complexity index is 920. The topological polar surface area (TPSA) is 105 Å². The maximum Gasteiger partial charge on any atom is 0.344 e.